The van der Waals surface area contributed by atoms with Crippen LogP contribution in [0.2, 0.25) is 0 Å². The third-order valence-electron chi connectivity index (χ3n) is 3.21. The number of aryl methyl sites for hydroxylation is 2. The van der Waals surface area contributed by atoms with Gasteiger partial charge in [-0.15, -0.1) is 0 Å². The van der Waals surface area contributed by atoms with Gasteiger partial charge in [0.2, 0.25) is 0 Å². The summed E-state index contributed by atoms with van der Waals surface area (Å²) in [7, 11) is 0. The molecule has 0 bridgehead atoms. The monoisotopic (exact) mass is 273 g/mol. The average molecular weight is 273 g/mol. The first-order valence-corrected chi connectivity index (χ1v) is 7.38. The molecule has 2 aromatic rings. The van der Waals surface area contributed by atoms with Crippen molar-refractivity contribution < 1.29 is 0 Å². The third-order valence-corrected chi connectivity index (χ3v) is 3.21. The molecular formula is C15H23N5. The minimum atomic E-state index is 0.830. The molecule has 0 aliphatic heterocycles. The molecule has 0 amide bonds. The molecule has 0 saturated heterocycles. The fraction of sp³-hybridized carbons (Fsp3) is 0.533. The van der Waals surface area contributed by atoms with Crippen LogP contribution in [0, 0.1) is 0 Å². The smallest absolute Gasteiger partial charge is 0.151 e. The Morgan fingerprint density at radius 2 is 2.05 bits per heavy atom. The fourth-order valence-corrected chi connectivity index (χ4v) is 2.12. The van der Waals surface area contributed by atoms with E-state index in [1.165, 1.54) is 5.56 Å². The van der Waals surface area contributed by atoms with Gasteiger partial charge in [0.1, 0.15) is 5.82 Å². The second kappa shape index (κ2) is 7.14. The van der Waals surface area contributed by atoms with Gasteiger partial charge in [-0.05, 0) is 24.6 Å². The van der Waals surface area contributed by atoms with Crippen molar-refractivity contribution in [1.82, 2.24) is 25.1 Å². The lowest BCUT2D eigenvalue weighted by Crippen LogP contribution is -2.16. The second-order valence-corrected chi connectivity index (χ2v) is 4.74. The Bertz CT molecular complexity index is 547. The molecule has 0 radical (unpaired) electrons. The molecule has 0 spiro atoms. The van der Waals surface area contributed by atoms with E-state index in [4.69, 9.17) is 0 Å². The predicted octanol–water partition coefficient (Wildman–Crippen LogP) is 2.29. The normalized spacial score (nSPS) is 10.9. The van der Waals surface area contributed by atoms with Crippen LogP contribution in [-0.4, -0.2) is 26.3 Å². The first-order chi connectivity index (χ1) is 9.80. The van der Waals surface area contributed by atoms with E-state index < -0.39 is 0 Å². The van der Waals surface area contributed by atoms with Gasteiger partial charge < -0.3 is 5.32 Å². The minimum absolute atomic E-state index is 0.830. The quantitative estimate of drug-likeness (QED) is 0.786. The summed E-state index contributed by atoms with van der Waals surface area (Å²) in [6.07, 6.45) is 6.54. The lowest BCUT2D eigenvalue weighted by molar-refractivity contribution is 0.666. The van der Waals surface area contributed by atoms with Gasteiger partial charge in [0.05, 0.1) is 11.9 Å². The highest BCUT2D eigenvalue weighted by Crippen LogP contribution is 2.15. The van der Waals surface area contributed by atoms with Crippen molar-refractivity contribution in [3.05, 3.63) is 35.7 Å². The standard InChI is InChI=1S/C15H23N5/c1-4-8-16-10-12-7-9-17-11-13(12)20-15(6-3)18-14(5-2)19-20/h7,9,11,16H,4-6,8,10H2,1-3H3. The van der Waals surface area contributed by atoms with Crippen LogP contribution in [0.1, 0.15) is 44.4 Å². The summed E-state index contributed by atoms with van der Waals surface area (Å²) in [5.74, 6) is 1.88. The predicted molar refractivity (Wildman–Crippen MR) is 79.9 cm³/mol. The van der Waals surface area contributed by atoms with E-state index >= 15 is 0 Å². The summed E-state index contributed by atoms with van der Waals surface area (Å²) >= 11 is 0. The first-order valence-electron chi connectivity index (χ1n) is 7.38. The van der Waals surface area contributed by atoms with Gasteiger partial charge in [-0.25, -0.2) is 9.67 Å². The Balaban J connectivity index is 2.34. The lowest BCUT2D eigenvalue weighted by atomic mass is 10.2. The van der Waals surface area contributed by atoms with Gasteiger partial charge in [-0.2, -0.15) is 5.10 Å². The molecular weight excluding hydrogens is 250 g/mol. The van der Waals surface area contributed by atoms with Crippen molar-refractivity contribution >= 4 is 0 Å². The molecule has 0 unspecified atom stereocenters. The summed E-state index contributed by atoms with van der Waals surface area (Å²) in [5, 5.41) is 8.03. The first kappa shape index (κ1) is 14.7. The zero-order chi connectivity index (χ0) is 14.4. The second-order valence-electron chi connectivity index (χ2n) is 4.74. The number of nitrogens with one attached hydrogen (secondary N) is 1. The molecule has 0 saturated carbocycles. The molecule has 0 aliphatic rings. The van der Waals surface area contributed by atoms with Gasteiger partial charge in [0.15, 0.2) is 5.82 Å². The van der Waals surface area contributed by atoms with Gasteiger partial charge in [-0.3, -0.25) is 4.98 Å². The summed E-state index contributed by atoms with van der Waals surface area (Å²) in [6.45, 7) is 8.19. The maximum absolute atomic E-state index is 4.60. The molecule has 0 aromatic carbocycles. The highest BCUT2D eigenvalue weighted by atomic mass is 15.4. The fourth-order valence-electron chi connectivity index (χ4n) is 2.12. The Morgan fingerprint density at radius 1 is 1.20 bits per heavy atom. The van der Waals surface area contributed by atoms with E-state index in [-0.39, 0.29) is 0 Å². The van der Waals surface area contributed by atoms with Crippen LogP contribution in [0.3, 0.4) is 0 Å². The van der Waals surface area contributed by atoms with Crippen molar-refractivity contribution in [2.45, 2.75) is 46.6 Å². The van der Waals surface area contributed by atoms with Crippen molar-refractivity contribution in [3.63, 3.8) is 0 Å². The number of hydrogen-bond donors (Lipinski definition) is 1. The highest BCUT2D eigenvalue weighted by molar-refractivity contribution is 5.38. The summed E-state index contributed by atoms with van der Waals surface area (Å²) in [6, 6.07) is 2.05. The molecule has 2 aromatic heterocycles. The maximum Gasteiger partial charge on any atom is 0.151 e. The van der Waals surface area contributed by atoms with Crippen LogP contribution in [-0.2, 0) is 19.4 Å². The van der Waals surface area contributed by atoms with Gasteiger partial charge >= 0.3 is 0 Å². The number of hydrogen-bond acceptors (Lipinski definition) is 4. The van der Waals surface area contributed by atoms with E-state index in [0.717, 1.165) is 49.7 Å². The third kappa shape index (κ3) is 3.22. The summed E-state index contributed by atoms with van der Waals surface area (Å²) in [5.41, 5.74) is 2.23. The summed E-state index contributed by atoms with van der Waals surface area (Å²) < 4.78 is 1.94. The van der Waals surface area contributed by atoms with E-state index in [1.807, 2.05) is 23.1 Å². The van der Waals surface area contributed by atoms with Crippen molar-refractivity contribution in [1.29, 1.82) is 0 Å². The summed E-state index contributed by atoms with van der Waals surface area (Å²) in [4.78, 5) is 8.81. The molecule has 5 heteroatoms. The molecule has 1 N–H and O–H groups in total. The van der Waals surface area contributed by atoms with Crippen LogP contribution in [0.15, 0.2) is 18.5 Å². The zero-order valence-corrected chi connectivity index (χ0v) is 12.6. The molecule has 0 aliphatic carbocycles. The topological polar surface area (TPSA) is 55.6 Å². The van der Waals surface area contributed by atoms with Crippen molar-refractivity contribution in [2.75, 3.05) is 6.54 Å². The molecule has 0 fully saturated rings. The van der Waals surface area contributed by atoms with Gasteiger partial charge in [-0.1, -0.05) is 20.8 Å². The van der Waals surface area contributed by atoms with Crippen LogP contribution in [0.25, 0.3) is 5.69 Å². The molecule has 2 rings (SSSR count). The van der Waals surface area contributed by atoms with Gasteiger partial charge in [0.25, 0.3) is 0 Å². The Labute approximate surface area is 120 Å². The minimum Gasteiger partial charge on any atom is -0.313 e. The zero-order valence-electron chi connectivity index (χ0n) is 12.6. The average Bonchev–Trinajstić information content (AvgIpc) is 2.91. The Hall–Kier alpha value is -1.75. The number of rotatable bonds is 7. The van der Waals surface area contributed by atoms with Crippen LogP contribution in [0.5, 0.6) is 0 Å². The molecule has 0 atom stereocenters. The van der Waals surface area contributed by atoms with E-state index in [2.05, 4.69) is 41.2 Å². The maximum atomic E-state index is 4.60. The van der Waals surface area contributed by atoms with Crippen LogP contribution in [0.4, 0.5) is 0 Å². The molecule has 2 heterocycles. The van der Waals surface area contributed by atoms with E-state index in [0.29, 0.717) is 0 Å². The molecule has 20 heavy (non-hydrogen) atoms. The van der Waals surface area contributed by atoms with Gasteiger partial charge in [0, 0.05) is 25.6 Å². The SMILES string of the molecule is CCCNCc1ccncc1-n1nc(CC)nc1CC. The number of aromatic nitrogens is 4. The Kier molecular flexibility index (Phi) is 5.24. The number of pyridine rings is 1. The molecule has 5 nitrogen and oxygen atoms in total. The molecule has 108 valence electrons. The van der Waals surface area contributed by atoms with Crippen LogP contribution >= 0.6 is 0 Å². The number of nitrogens with zero attached hydrogens (tertiary/aromatic N) is 4. The largest absolute Gasteiger partial charge is 0.313 e. The van der Waals surface area contributed by atoms with Crippen LogP contribution < -0.4 is 5.32 Å². The highest BCUT2D eigenvalue weighted by Gasteiger charge is 2.12. The lowest BCUT2D eigenvalue weighted by Gasteiger charge is -2.11. The Morgan fingerprint density at radius 3 is 2.75 bits per heavy atom. The van der Waals surface area contributed by atoms with E-state index in [9.17, 15) is 0 Å². The van der Waals surface area contributed by atoms with E-state index in [1.54, 1.807) is 0 Å². The van der Waals surface area contributed by atoms with Crippen molar-refractivity contribution in [2.24, 2.45) is 0 Å². The van der Waals surface area contributed by atoms with Crippen molar-refractivity contribution in [3.8, 4) is 5.69 Å².